The van der Waals surface area contributed by atoms with E-state index in [1.165, 1.54) is 0 Å². The monoisotopic (exact) mass is 258 g/mol. The first kappa shape index (κ1) is 11.6. The van der Waals surface area contributed by atoms with E-state index in [0.29, 0.717) is 0 Å². The minimum Gasteiger partial charge on any atom is -0.506 e. The van der Waals surface area contributed by atoms with Gasteiger partial charge in [0.1, 0.15) is 16.6 Å². The molecule has 1 aromatic carbocycles. The van der Waals surface area contributed by atoms with E-state index < -0.39 is 31.4 Å². The zero-order valence-corrected chi connectivity index (χ0v) is 9.00. The largest absolute Gasteiger partial charge is 0.506 e. The zero-order chi connectivity index (χ0) is 10.9. The van der Waals surface area contributed by atoms with Crippen LogP contribution >= 0.6 is 22.3 Å². The van der Waals surface area contributed by atoms with E-state index in [1.54, 1.807) is 0 Å². The smallest absolute Gasteiger partial charge is 0.236 e. The first-order valence-electron chi connectivity index (χ1n) is 3.39. The lowest BCUT2D eigenvalue weighted by atomic mass is 10.2. The molecule has 0 amide bonds. The van der Waals surface area contributed by atoms with Gasteiger partial charge in [0.15, 0.2) is 0 Å². The van der Waals surface area contributed by atoms with E-state index in [0.717, 1.165) is 12.1 Å². The van der Waals surface area contributed by atoms with Gasteiger partial charge in [-0.15, -0.1) is 0 Å². The predicted molar refractivity (Wildman–Crippen MR) is 51.6 cm³/mol. The third kappa shape index (κ3) is 3.01. The standard InChI is InChI=1S/C7H5Cl2FO3S/c8-7-5(10)1-4(2-6(7)11)3-14(9,12)13/h1-2,11H,3H2. The van der Waals surface area contributed by atoms with Crippen LogP contribution < -0.4 is 0 Å². The molecule has 1 aromatic rings. The van der Waals surface area contributed by atoms with Gasteiger partial charge in [0, 0.05) is 10.7 Å². The maximum absolute atomic E-state index is 12.9. The zero-order valence-electron chi connectivity index (χ0n) is 6.67. The van der Waals surface area contributed by atoms with Crippen LogP contribution in [0.15, 0.2) is 12.1 Å². The average Bonchev–Trinajstić information content (AvgIpc) is 1.96. The first-order chi connectivity index (χ1) is 6.29. The topological polar surface area (TPSA) is 54.4 Å². The summed E-state index contributed by atoms with van der Waals surface area (Å²) in [6.45, 7) is 0. The SMILES string of the molecule is O=S(=O)(Cl)Cc1cc(O)c(Cl)c(F)c1. The fourth-order valence-corrected chi connectivity index (χ4v) is 1.96. The Morgan fingerprint density at radius 3 is 2.43 bits per heavy atom. The van der Waals surface area contributed by atoms with Crippen molar-refractivity contribution in [2.75, 3.05) is 0 Å². The lowest BCUT2D eigenvalue weighted by Crippen LogP contribution is -1.96. The Balaban J connectivity index is 3.14. The van der Waals surface area contributed by atoms with Crippen molar-refractivity contribution in [3.05, 3.63) is 28.5 Å². The highest BCUT2D eigenvalue weighted by Crippen LogP contribution is 2.28. The number of phenols is 1. The molecule has 14 heavy (non-hydrogen) atoms. The summed E-state index contributed by atoms with van der Waals surface area (Å²) in [6.07, 6.45) is 0. The van der Waals surface area contributed by atoms with Gasteiger partial charge in [-0.25, -0.2) is 12.8 Å². The molecule has 0 aliphatic rings. The van der Waals surface area contributed by atoms with Crippen molar-refractivity contribution in [3.8, 4) is 5.75 Å². The number of hydrogen-bond acceptors (Lipinski definition) is 3. The molecule has 0 radical (unpaired) electrons. The molecule has 0 atom stereocenters. The number of phenolic OH excluding ortho intramolecular Hbond substituents is 1. The molecule has 0 fully saturated rings. The third-order valence-corrected chi connectivity index (χ3v) is 2.79. The molecule has 0 spiro atoms. The molecule has 0 bridgehead atoms. The molecule has 0 unspecified atom stereocenters. The van der Waals surface area contributed by atoms with Gasteiger partial charge in [-0.3, -0.25) is 0 Å². The summed E-state index contributed by atoms with van der Waals surface area (Å²) in [7, 11) is 1.18. The number of rotatable bonds is 2. The van der Waals surface area contributed by atoms with E-state index in [9.17, 15) is 12.8 Å². The third-order valence-electron chi connectivity index (χ3n) is 1.41. The molecule has 0 aliphatic carbocycles. The van der Waals surface area contributed by atoms with Crippen molar-refractivity contribution < 1.29 is 17.9 Å². The van der Waals surface area contributed by atoms with Crippen molar-refractivity contribution in [3.63, 3.8) is 0 Å². The fraction of sp³-hybridized carbons (Fsp3) is 0.143. The normalized spacial score (nSPS) is 11.6. The van der Waals surface area contributed by atoms with Crippen LogP contribution in [-0.4, -0.2) is 13.5 Å². The Morgan fingerprint density at radius 2 is 2.00 bits per heavy atom. The van der Waals surface area contributed by atoms with Crippen molar-refractivity contribution in [1.82, 2.24) is 0 Å². The quantitative estimate of drug-likeness (QED) is 0.829. The Kier molecular flexibility index (Phi) is 3.24. The van der Waals surface area contributed by atoms with Gasteiger partial charge in [-0.1, -0.05) is 11.6 Å². The van der Waals surface area contributed by atoms with Gasteiger partial charge in [-0.2, -0.15) is 0 Å². The molecule has 0 heterocycles. The van der Waals surface area contributed by atoms with Crippen LogP contribution in [-0.2, 0) is 14.8 Å². The Morgan fingerprint density at radius 1 is 1.43 bits per heavy atom. The van der Waals surface area contributed by atoms with Crippen LogP contribution in [0.3, 0.4) is 0 Å². The highest BCUT2D eigenvalue weighted by atomic mass is 35.7. The van der Waals surface area contributed by atoms with E-state index >= 15 is 0 Å². The van der Waals surface area contributed by atoms with E-state index in [-0.39, 0.29) is 5.56 Å². The van der Waals surface area contributed by atoms with Gasteiger partial charge < -0.3 is 5.11 Å². The summed E-state index contributed by atoms with van der Waals surface area (Å²) in [5.74, 6) is -1.96. The fourth-order valence-electron chi connectivity index (χ4n) is 0.912. The van der Waals surface area contributed by atoms with Crippen molar-refractivity contribution in [2.24, 2.45) is 0 Å². The number of hydrogen-bond donors (Lipinski definition) is 1. The summed E-state index contributed by atoms with van der Waals surface area (Å²) in [6, 6.07) is 1.95. The van der Waals surface area contributed by atoms with Crippen LogP contribution in [0, 0.1) is 5.82 Å². The lowest BCUT2D eigenvalue weighted by Gasteiger charge is -2.02. The van der Waals surface area contributed by atoms with E-state index in [1.807, 2.05) is 0 Å². The van der Waals surface area contributed by atoms with Crippen molar-refractivity contribution in [1.29, 1.82) is 0 Å². The second-order valence-corrected chi connectivity index (χ2v) is 5.75. The van der Waals surface area contributed by atoms with Gasteiger partial charge in [0.25, 0.3) is 0 Å². The van der Waals surface area contributed by atoms with E-state index in [2.05, 4.69) is 0 Å². The van der Waals surface area contributed by atoms with Crippen LogP contribution in [0.5, 0.6) is 5.75 Å². The second-order valence-electron chi connectivity index (χ2n) is 2.59. The van der Waals surface area contributed by atoms with Gasteiger partial charge >= 0.3 is 0 Å². The molecule has 3 nitrogen and oxygen atoms in total. The second kappa shape index (κ2) is 3.92. The maximum Gasteiger partial charge on any atom is 0.236 e. The van der Waals surface area contributed by atoms with Gasteiger partial charge in [0.05, 0.1) is 5.75 Å². The number of halogens is 3. The maximum atomic E-state index is 12.9. The minimum atomic E-state index is -3.77. The highest BCUT2D eigenvalue weighted by Gasteiger charge is 2.12. The van der Waals surface area contributed by atoms with Crippen molar-refractivity contribution in [2.45, 2.75) is 5.75 Å². The molecule has 0 saturated heterocycles. The molecule has 78 valence electrons. The van der Waals surface area contributed by atoms with Gasteiger partial charge in [-0.05, 0) is 17.7 Å². The Labute approximate surface area is 89.5 Å². The summed E-state index contributed by atoms with van der Waals surface area (Å²) in [5.41, 5.74) is 0.0411. The lowest BCUT2D eigenvalue weighted by molar-refractivity contribution is 0.469. The molecule has 1 N–H and O–H groups in total. The summed E-state index contributed by atoms with van der Waals surface area (Å²) >= 11 is 5.31. The van der Waals surface area contributed by atoms with Gasteiger partial charge in [0.2, 0.25) is 9.05 Å². The first-order valence-corrected chi connectivity index (χ1v) is 6.24. The predicted octanol–water partition coefficient (Wildman–Crippen LogP) is 2.25. The minimum absolute atomic E-state index is 0.0411. The van der Waals surface area contributed by atoms with Crippen LogP contribution in [0.4, 0.5) is 4.39 Å². The summed E-state index contributed by atoms with van der Waals surface area (Å²) < 4.78 is 34.2. The Hall–Kier alpha value is -0.520. The molecule has 0 aliphatic heterocycles. The number of aromatic hydroxyl groups is 1. The van der Waals surface area contributed by atoms with Crippen LogP contribution in [0.2, 0.25) is 5.02 Å². The number of benzene rings is 1. The molecular formula is C7H5Cl2FO3S. The molecule has 0 aromatic heterocycles. The average molecular weight is 259 g/mol. The summed E-state index contributed by atoms with van der Waals surface area (Å²) in [5, 5.41) is 8.62. The summed E-state index contributed by atoms with van der Waals surface area (Å²) in [4.78, 5) is 0. The van der Waals surface area contributed by atoms with Crippen LogP contribution in [0.1, 0.15) is 5.56 Å². The van der Waals surface area contributed by atoms with E-state index in [4.69, 9.17) is 27.4 Å². The molecule has 7 heteroatoms. The molecular weight excluding hydrogens is 254 g/mol. The molecule has 0 saturated carbocycles. The molecule has 1 rings (SSSR count). The Bertz CT molecular complexity index is 435. The van der Waals surface area contributed by atoms with Crippen LogP contribution in [0.25, 0.3) is 0 Å². The highest BCUT2D eigenvalue weighted by molar-refractivity contribution is 8.13. The van der Waals surface area contributed by atoms with Crippen molar-refractivity contribution >= 4 is 31.3 Å².